The lowest BCUT2D eigenvalue weighted by atomic mass is 10.1. The summed E-state index contributed by atoms with van der Waals surface area (Å²) in [6.45, 7) is 1.56. The van der Waals surface area contributed by atoms with Crippen LogP contribution >= 0.6 is 0 Å². The summed E-state index contributed by atoms with van der Waals surface area (Å²) in [5.74, 6) is 0.768. The Morgan fingerprint density at radius 2 is 1.68 bits per heavy atom. The van der Waals surface area contributed by atoms with E-state index in [1.807, 2.05) is 54.6 Å². The molecule has 0 radical (unpaired) electrons. The zero-order chi connectivity index (χ0) is 13.2. The number of benzene rings is 2. The Bertz CT molecular complexity index is 729. The number of rotatable bonds is 3. The van der Waals surface area contributed by atoms with Crippen molar-refractivity contribution in [2.45, 2.75) is 6.92 Å². The Morgan fingerprint density at radius 3 is 2.42 bits per heavy atom. The van der Waals surface area contributed by atoms with Crippen LogP contribution in [0.2, 0.25) is 0 Å². The van der Waals surface area contributed by atoms with Crippen LogP contribution in [0.4, 0.5) is 0 Å². The van der Waals surface area contributed by atoms with E-state index in [4.69, 9.17) is 4.84 Å². The summed E-state index contributed by atoms with van der Waals surface area (Å²) in [6, 6.07) is 17.2. The average Bonchev–Trinajstić information content (AvgIpc) is 2.79. The van der Waals surface area contributed by atoms with Crippen molar-refractivity contribution in [3.05, 3.63) is 66.4 Å². The molecule has 94 valence electrons. The van der Waals surface area contributed by atoms with Gasteiger partial charge in [0, 0.05) is 10.9 Å². The average molecular weight is 251 g/mol. The molecule has 0 fully saturated rings. The van der Waals surface area contributed by atoms with Gasteiger partial charge in [-0.05, 0) is 25.1 Å². The van der Waals surface area contributed by atoms with E-state index in [-0.39, 0.29) is 5.78 Å². The maximum atomic E-state index is 11.7. The van der Waals surface area contributed by atoms with Gasteiger partial charge in [-0.3, -0.25) is 4.79 Å². The Hall–Kier alpha value is -2.55. The molecule has 0 unspecified atom stereocenters. The van der Waals surface area contributed by atoms with Gasteiger partial charge in [-0.15, -0.1) is 0 Å². The van der Waals surface area contributed by atoms with E-state index in [0.29, 0.717) is 5.56 Å². The molecule has 3 nitrogen and oxygen atoms in total. The fourth-order valence-corrected chi connectivity index (χ4v) is 2.10. The SMILES string of the molecule is CC(=O)c1cn(Oc2ccccc2)c2ccccc12. The number of fused-ring (bicyclic) bond motifs is 1. The van der Waals surface area contributed by atoms with Crippen molar-refractivity contribution in [3.8, 4) is 5.75 Å². The van der Waals surface area contributed by atoms with Crippen LogP contribution in [0.3, 0.4) is 0 Å². The molecule has 0 spiro atoms. The topological polar surface area (TPSA) is 31.2 Å². The minimum Gasteiger partial charge on any atom is -0.375 e. The standard InChI is InChI=1S/C16H13NO2/c1-12(18)15-11-17(16-10-6-5-9-14(15)16)19-13-7-3-2-4-8-13/h2-11H,1H3. The predicted octanol–water partition coefficient (Wildman–Crippen LogP) is 3.69. The van der Waals surface area contributed by atoms with Crippen molar-refractivity contribution in [2.24, 2.45) is 0 Å². The second-order valence-corrected chi connectivity index (χ2v) is 4.35. The molecular formula is C16H13NO2. The van der Waals surface area contributed by atoms with E-state index >= 15 is 0 Å². The van der Waals surface area contributed by atoms with Gasteiger partial charge in [-0.1, -0.05) is 36.4 Å². The Kier molecular flexibility index (Phi) is 2.80. The third kappa shape index (κ3) is 2.10. The van der Waals surface area contributed by atoms with Crippen LogP contribution in [0.1, 0.15) is 17.3 Å². The molecule has 0 bridgehead atoms. The zero-order valence-corrected chi connectivity index (χ0v) is 10.5. The molecule has 2 aromatic carbocycles. The maximum Gasteiger partial charge on any atom is 0.162 e. The third-order valence-corrected chi connectivity index (χ3v) is 3.00. The highest BCUT2D eigenvalue weighted by Crippen LogP contribution is 2.22. The second kappa shape index (κ2) is 4.61. The number of ketones is 1. The Balaban J connectivity index is 2.11. The van der Waals surface area contributed by atoms with E-state index in [2.05, 4.69) is 0 Å². The van der Waals surface area contributed by atoms with Crippen LogP contribution in [0.15, 0.2) is 60.8 Å². The first-order chi connectivity index (χ1) is 9.25. The first-order valence-electron chi connectivity index (χ1n) is 6.10. The van der Waals surface area contributed by atoms with E-state index in [9.17, 15) is 4.79 Å². The number of carbonyl (C=O) groups is 1. The van der Waals surface area contributed by atoms with Gasteiger partial charge >= 0.3 is 0 Å². The molecule has 0 aliphatic carbocycles. The van der Waals surface area contributed by atoms with Crippen LogP contribution in [-0.4, -0.2) is 10.5 Å². The molecule has 3 heteroatoms. The quantitative estimate of drug-likeness (QED) is 0.665. The van der Waals surface area contributed by atoms with Crippen molar-refractivity contribution in [1.82, 2.24) is 4.73 Å². The van der Waals surface area contributed by atoms with E-state index in [1.54, 1.807) is 17.9 Å². The number of nitrogens with zero attached hydrogens (tertiary/aromatic N) is 1. The van der Waals surface area contributed by atoms with Gasteiger partial charge < -0.3 is 4.84 Å². The second-order valence-electron chi connectivity index (χ2n) is 4.35. The smallest absolute Gasteiger partial charge is 0.162 e. The van der Waals surface area contributed by atoms with Crippen molar-refractivity contribution in [3.63, 3.8) is 0 Å². The minimum atomic E-state index is 0.0339. The Morgan fingerprint density at radius 1 is 1.00 bits per heavy atom. The molecule has 0 aliphatic rings. The van der Waals surface area contributed by atoms with Crippen molar-refractivity contribution in [2.75, 3.05) is 0 Å². The molecule has 19 heavy (non-hydrogen) atoms. The molecule has 0 aliphatic heterocycles. The predicted molar refractivity (Wildman–Crippen MR) is 74.4 cm³/mol. The zero-order valence-electron chi connectivity index (χ0n) is 10.5. The minimum absolute atomic E-state index is 0.0339. The van der Waals surface area contributed by atoms with Crippen LogP contribution in [-0.2, 0) is 0 Å². The van der Waals surface area contributed by atoms with Gasteiger partial charge in [0.25, 0.3) is 0 Å². The molecule has 0 saturated heterocycles. The molecule has 0 atom stereocenters. The van der Waals surface area contributed by atoms with E-state index in [1.165, 1.54) is 0 Å². The van der Waals surface area contributed by atoms with Gasteiger partial charge in [0.1, 0.15) is 0 Å². The van der Waals surface area contributed by atoms with Gasteiger partial charge in [-0.25, -0.2) is 0 Å². The van der Waals surface area contributed by atoms with Crippen LogP contribution in [0, 0.1) is 0 Å². The fourth-order valence-electron chi connectivity index (χ4n) is 2.10. The third-order valence-electron chi connectivity index (χ3n) is 3.00. The number of Topliss-reactive ketones (excluding diaryl/α,β-unsaturated/α-hetero) is 1. The number of carbonyl (C=O) groups excluding carboxylic acids is 1. The largest absolute Gasteiger partial charge is 0.375 e. The lowest BCUT2D eigenvalue weighted by Gasteiger charge is -2.06. The van der Waals surface area contributed by atoms with Gasteiger partial charge in [-0.2, -0.15) is 4.73 Å². The fraction of sp³-hybridized carbons (Fsp3) is 0.0625. The summed E-state index contributed by atoms with van der Waals surface area (Å²) >= 11 is 0. The number of hydrogen-bond donors (Lipinski definition) is 0. The number of para-hydroxylation sites is 2. The van der Waals surface area contributed by atoms with E-state index in [0.717, 1.165) is 16.7 Å². The molecular weight excluding hydrogens is 238 g/mol. The van der Waals surface area contributed by atoms with Gasteiger partial charge in [0.2, 0.25) is 0 Å². The van der Waals surface area contributed by atoms with Crippen molar-refractivity contribution < 1.29 is 9.63 Å². The highest BCUT2D eigenvalue weighted by Gasteiger charge is 2.12. The molecule has 0 amide bonds. The van der Waals surface area contributed by atoms with Gasteiger partial charge in [0.05, 0.1) is 11.7 Å². The summed E-state index contributed by atoms with van der Waals surface area (Å²) in [6.07, 6.45) is 1.74. The Labute approximate surface area is 111 Å². The molecule has 0 N–H and O–H groups in total. The first kappa shape index (κ1) is 11.5. The monoisotopic (exact) mass is 251 g/mol. The summed E-state index contributed by atoms with van der Waals surface area (Å²) < 4.78 is 1.64. The van der Waals surface area contributed by atoms with Crippen LogP contribution in [0.5, 0.6) is 5.75 Å². The summed E-state index contributed by atoms with van der Waals surface area (Å²) in [5.41, 5.74) is 1.56. The lowest BCUT2D eigenvalue weighted by molar-refractivity contribution is 0.101. The summed E-state index contributed by atoms with van der Waals surface area (Å²) in [7, 11) is 0. The van der Waals surface area contributed by atoms with Crippen LogP contribution in [0.25, 0.3) is 10.9 Å². The van der Waals surface area contributed by atoms with E-state index < -0.39 is 0 Å². The van der Waals surface area contributed by atoms with Crippen molar-refractivity contribution in [1.29, 1.82) is 0 Å². The molecule has 1 aromatic heterocycles. The normalized spacial score (nSPS) is 10.6. The highest BCUT2D eigenvalue weighted by atomic mass is 16.7. The number of hydrogen-bond acceptors (Lipinski definition) is 2. The first-order valence-corrected chi connectivity index (χ1v) is 6.10. The molecule has 1 heterocycles. The highest BCUT2D eigenvalue weighted by molar-refractivity contribution is 6.06. The number of aromatic nitrogens is 1. The lowest BCUT2D eigenvalue weighted by Crippen LogP contribution is -2.03. The summed E-state index contributed by atoms with van der Waals surface area (Å²) in [4.78, 5) is 17.4. The summed E-state index contributed by atoms with van der Waals surface area (Å²) in [5, 5.41) is 0.908. The maximum absolute atomic E-state index is 11.7. The van der Waals surface area contributed by atoms with Gasteiger partial charge in [0.15, 0.2) is 11.5 Å². The van der Waals surface area contributed by atoms with Crippen LogP contribution < -0.4 is 4.84 Å². The molecule has 3 rings (SSSR count). The molecule has 3 aromatic rings. The molecule has 0 saturated carbocycles. The van der Waals surface area contributed by atoms with Crippen molar-refractivity contribution >= 4 is 16.7 Å².